The Hall–Kier alpha value is -2.27. The molecule has 0 radical (unpaired) electrons. The zero-order valence-corrected chi connectivity index (χ0v) is 56.0. The van der Waals surface area contributed by atoms with Crippen molar-refractivity contribution in [2.75, 3.05) is 26.4 Å². The number of carboxylic acids is 1. The Morgan fingerprint density at radius 2 is 0.956 bits per heavy atom. The molecule has 2 amide bonds. The normalized spacial score (nSPS) is 28.4. The SMILES string of the molecule is CCCCCCCCCCCCCCCCCCCCCCC(=O)NC(COC1OC(CO)C(OC2OC(CO)C(O)C(OC3(C(=O)O)CC(O)C(NC(C)=O)C(C(O)C(O)CO)O3)C2O)C(O)C1O)C(O)CCCCCCCCCCCCCCCCCCC. The molecule has 0 aliphatic carbocycles. The number of ether oxygens (including phenoxy) is 6. The molecule has 0 aromatic carbocycles. The number of hydrogen-bond donors (Lipinski definition) is 14. The number of aliphatic hydroxyl groups is 11. The predicted molar refractivity (Wildman–Crippen MR) is 343 cm³/mol. The number of carbonyl (C=O) groups excluding carboxylic acids is 2. The van der Waals surface area contributed by atoms with Gasteiger partial charge in [0.25, 0.3) is 5.79 Å². The maximum atomic E-state index is 13.5. The Balaban J connectivity index is 1.58. The van der Waals surface area contributed by atoms with Crippen LogP contribution in [0.5, 0.6) is 0 Å². The molecule has 3 rings (SSSR count). The molecule has 0 aromatic rings. The largest absolute Gasteiger partial charge is 0.477 e. The Labute approximate surface area is 544 Å². The highest BCUT2D eigenvalue weighted by Crippen LogP contribution is 2.39. The van der Waals surface area contributed by atoms with E-state index in [1.807, 2.05) is 0 Å². The van der Waals surface area contributed by atoms with E-state index in [2.05, 4.69) is 24.5 Å². The van der Waals surface area contributed by atoms with E-state index in [0.29, 0.717) is 19.3 Å². The second kappa shape index (κ2) is 49.3. The molecule has 14 N–H and O–H groups in total. The third kappa shape index (κ3) is 31.7. The summed E-state index contributed by atoms with van der Waals surface area (Å²) >= 11 is 0. The summed E-state index contributed by atoms with van der Waals surface area (Å²) in [6.07, 6.45) is 16.7. The molecule has 18 unspecified atom stereocenters. The van der Waals surface area contributed by atoms with E-state index in [-0.39, 0.29) is 18.9 Å². The van der Waals surface area contributed by atoms with Gasteiger partial charge in [-0.1, -0.05) is 245 Å². The van der Waals surface area contributed by atoms with E-state index >= 15 is 0 Å². The van der Waals surface area contributed by atoms with Crippen LogP contribution in [0, 0.1) is 0 Å². The highest BCUT2D eigenvalue weighted by Gasteiger charge is 2.60. The second-order valence-corrected chi connectivity index (χ2v) is 26.5. The molecule has 3 heterocycles. The fourth-order valence-corrected chi connectivity index (χ4v) is 12.8. The van der Waals surface area contributed by atoms with E-state index in [0.717, 1.165) is 51.9 Å². The van der Waals surface area contributed by atoms with Crippen molar-refractivity contribution in [1.29, 1.82) is 0 Å². The number of nitrogens with one attached hydrogen (secondary N) is 2. The van der Waals surface area contributed by atoms with Crippen molar-refractivity contribution in [1.82, 2.24) is 10.6 Å². The fraction of sp³-hybridized carbons (Fsp3) is 0.956. The summed E-state index contributed by atoms with van der Waals surface area (Å²) in [5, 5.41) is 136. The topological polar surface area (TPSA) is 373 Å². The van der Waals surface area contributed by atoms with Crippen LogP contribution in [0.2, 0.25) is 0 Å². The summed E-state index contributed by atoms with van der Waals surface area (Å²) < 4.78 is 34.9. The third-order valence-electron chi connectivity index (χ3n) is 18.6. The molecule has 536 valence electrons. The number of carbonyl (C=O) groups is 3. The van der Waals surface area contributed by atoms with Crippen LogP contribution in [0.4, 0.5) is 0 Å². The molecule has 0 aromatic heterocycles. The van der Waals surface area contributed by atoms with Crippen molar-refractivity contribution in [3.8, 4) is 0 Å². The van der Waals surface area contributed by atoms with Crippen molar-refractivity contribution >= 4 is 17.8 Å². The van der Waals surface area contributed by atoms with Gasteiger partial charge in [-0.15, -0.1) is 0 Å². The maximum Gasteiger partial charge on any atom is 0.364 e. The number of aliphatic carboxylic acids is 1. The van der Waals surface area contributed by atoms with Crippen molar-refractivity contribution in [2.24, 2.45) is 0 Å². The number of hydrogen-bond acceptors (Lipinski definition) is 20. The first-order valence-corrected chi connectivity index (χ1v) is 35.9. The van der Waals surface area contributed by atoms with Gasteiger partial charge in [0.2, 0.25) is 11.8 Å². The van der Waals surface area contributed by atoms with E-state index in [4.69, 9.17) is 28.4 Å². The van der Waals surface area contributed by atoms with Crippen LogP contribution in [0.15, 0.2) is 0 Å². The molecule has 23 heteroatoms. The molecular formula is C68H128N2O21. The Bertz CT molecular complexity index is 1850. The number of rotatable bonds is 55. The van der Waals surface area contributed by atoms with Crippen LogP contribution in [0.1, 0.15) is 278 Å². The van der Waals surface area contributed by atoms with Gasteiger partial charge in [0.05, 0.1) is 50.7 Å². The van der Waals surface area contributed by atoms with Crippen LogP contribution < -0.4 is 10.6 Å². The fourth-order valence-electron chi connectivity index (χ4n) is 12.8. The van der Waals surface area contributed by atoms with E-state index in [1.54, 1.807) is 0 Å². The zero-order valence-electron chi connectivity index (χ0n) is 56.0. The highest BCUT2D eigenvalue weighted by molar-refractivity contribution is 5.77. The number of carboxylic acid groups (broad SMARTS) is 1. The molecule has 3 aliphatic rings. The molecule has 23 nitrogen and oxygen atoms in total. The lowest BCUT2D eigenvalue weighted by Gasteiger charge is -2.50. The molecule has 91 heavy (non-hydrogen) atoms. The minimum Gasteiger partial charge on any atom is -0.477 e. The minimum absolute atomic E-state index is 0.229. The molecule has 0 bridgehead atoms. The van der Waals surface area contributed by atoms with Crippen LogP contribution >= 0.6 is 0 Å². The van der Waals surface area contributed by atoms with Gasteiger partial charge in [-0.05, 0) is 12.8 Å². The Morgan fingerprint density at radius 1 is 0.527 bits per heavy atom. The molecule has 0 saturated carbocycles. The van der Waals surface area contributed by atoms with Crippen molar-refractivity contribution in [3.63, 3.8) is 0 Å². The number of aliphatic hydroxyl groups excluding tert-OH is 11. The lowest BCUT2D eigenvalue weighted by atomic mass is 9.88. The highest BCUT2D eigenvalue weighted by atomic mass is 16.8. The molecule has 3 aliphatic heterocycles. The third-order valence-corrected chi connectivity index (χ3v) is 18.6. The van der Waals surface area contributed by atoms with E-state index in [1.165, 1.54) is 180 Å². The van der Waals surface area contributed by atoms with Gasteiger partial charge in [-0.25, -0.2) is 4.79 Å². The molecule has 0 spiro atoms. The number of amides is 2. The molecular weight excluding hydrogens is 1180 g/mol. The van der Waals surface area contributed by atoms with E-state index in [9.17, 15) is 75.7 Å². The summed E-state index contributed by atoms with van der Waals surface area (Å²) in [7, 11) is 0. The van der Waals surface area contributed by atoms with Crippen molar-refractivity contribution < 1.29 is 104 Å². The summed E-state index contributed by atoms with van der Waals surface area (Å²) in [4.78, 5) is 38.6. The molecule has 3 fully saturated rings. The second-order valence-electron chi connectivity index (χ2n) is 26.5. The average Bonchev–Trinajstić information content (AvgIpc) is 0.766. The first kappa shape index (κ1) is 83.0. The minimum atomic E-state index is -3.08. The standard InChI is InChI=1S/C68H128N2O21/c1-4-6-8-10-12-14-16-18-20-22-23-24-26-28-30-32-34-36-38-40-42-55(78)70-49(50(75)41-39-37-35-33-31-29-27-25-21-19-17-15-13-11-9-7-5-2)47-86-65-60(82)59(81)62(54(46-73)88-65)89-66-61(83)64(58(80)53(45-72)87-66)91-68(67(84)85)43-51(76)56(69-48(3)74)63(90-68)57(79)52(77)44-71/h49-54,56-66,71-73,75-77,79-83H,4-47H2,1-3H3,(H,69,74)(H,70,78)(H,84,85). The first-order chi connectivity index (χ1) is 43.9. The summed E-state index contributed by atoms with van der Waals surface area (Å²) in [6, 6.07) is -2.52. The van der Waals surface area contributed by atoms with E-state index < -0.39 is 148 Å². The predicted octanol–water partition coefficient (Wildman–Crippen LogP) is 6.90. The first-order valence-electron chi connectivity index (χ1n) is 35.9. The summed E-state index contributed by atoms with van der Waals surface area (Å²) in [6.45, 7) is 2.24. The van der Waals surface area contributed by atoms with Gasteiger partial charge >= 0.3 is 5.97 Å². The van der Waals surface area contributed by atoms with Gasteiger partial charge in [0.1, 0.15) is 67.1 Å². The Kier molecular flexibility index (Phi) is 44.9. The van der Waals surface area contributed by atoms with Gasteiger partial charge in [-0.3, -0.25) is 9.59 Å². The summed E-state index contributed by atoms with van der Waals surface area (Å²) in [5.41, 5.74) is 0. The average molecular weight is 1310 g/mol. The Morgan fingerprint density at radius 3 is 1.37 bits per heavy atom. The maximum absolute atomic E-state index is 13.5. The van der Waals surface area contributed by atoms with Gasteiger partial charge in [0.15, 0.2) is 12.6 Å². The molecule has 3 saturated heterocycles. The van der Waals surface area contributed by atoms with Crippen molar-refractivity contribution in [2.45, 2.75) is 387 Å². The van der Waals surface area contributed by atoms with Crippen molar-refractivity contribution in [3.05, 3.63) is 0 Å². The zero-order chi connectivity index (χ0) is 66.8. The van der Waals surface area contributed by atoms with Gasteiger partial charge in [-0.2, -0.15) is 0 Å². The number of unbranched alkanes of at least 4 members (excludes halogenated alkanes) is 35. The van der Waals surface area contributed by atoms with Crippen LogP contribution in [0.25, 0.3) is 0 Å². The smallest absolute Gasteiger partial charge is 0.364 e. The van der Waals surface area contributed by atoms with Crippen LogP contribution in [-0.4, -0.2) is 215 Å². The molecule has 18 atom stereocenters. The quantitative estimate of drug-likeness (QED) is 0.0275. The van der Waals surface area contributed by atoms with Crippen LogP contribution in [0.3, 0.4) is 0 Å². The van der Waals surface area contributed by atoms with Gasteiger partial charge in [0, 0.05) is 19.8 Å². The monoisotopic (exact) mass is 1310 g/mol. The van der Waals surface area contributed by atoms with Crippen LogP contribution in [-0.2, 0) is 42.8 Å². The lowest BCUT2D eigenvalue weighted by Crippen LogP contribution is -2.70. The lowest BCUT2D eigenvalue weighted by molar-refractivity contribution is -0.386. The summed E-state index contributed by atoms with van der Waals surface area (Å²) in [5.74, 6) is -6.09. The van der Waals surface area contributed by atoms with Gasteiger partial charge < -0.3 is 100 Å².